The van der Waals surface area contributed by atoms with Crippen LogP contribution in [-0.2, 0) is 4.79 Å². The maximum absolute atomic E-state index is 11.5. The van der Waals surface area contributed by atoms with Crippen molar-refractivity contribution in [2.75, 3.05) is 26.2 Å². The predicted octanol–water partition coefficient (Wildman–Crippen LogP) is -0.0307. The van der Waals surface area contributed by atoms with E-state index in [2.05, 4.69) is 5.32 Å². The van der Waals surface area contributed by atoms with Crippen LogP contribution in [0.15, 0.2) is 0 Å². The monoisotopic (exact) mass is 200 g/mol. The lowest BCUT2D eigenvalue weighted by Gasteiger charge is -2.15. The molecule has 1 aliphatic heterocycles. The molecule has 0 aliphatic carbocycles. The highest BCUT2D eigenvalue weighted by molar-refractivity contribution is 5.78. The fourth-order valence-electron chi connectivity index (χ4n) is 1.58. The number of carbonyl (C=O) groups is 1. The molecule has 4 nitrogen and oxygen atoms in total. The summed E-state index contributed by atoms with van der Waals surface area (Å²) in [6, 6.07) is 0. The Hall–Kier alpha value is -0.610. The van der Waals surface area contributed by atoms with E-state index >= 15 is 0 Å². The number of amides is 1. The molecule has 2 N–H and O–H groups in total. The molecule has 0 aromatic rings. The largest absolute Gasteiger partial charge is 0.393 e. The fraction of sp³-hybridized carbons (Fsp3) is 0.900. The van der Waals surface area contributed by atoms with Crippen molar-refractivity contribution < 1.29 is 9.90 Å². The van der Waals surface area contributed by atoms with Gasteiger partial charge in [0, 0.05) is 13.1 Å². The van der Waals surface area contributed by atoms with Crippen molar-refractivity contribution in [2.45, 2.75) is 32.3 Å². The fourth-order valence-corrected chi connectivity index (χ4v) is 1.58. The Morgan fingerprint density at radius 2 is 2.14 bits per heavy atom. The standard InChI is InChI=1S/C10H20N2O2/c1-9(13)4-5-11-8-10(14)12-6-2-3-7-12/h9,11,13H,2-8H2,1H3. The first-order valence-electron chi connectivity index (χ1n) is 5.36. The lowest BCUT2D eigenvalue weighted by Crippen LogP contribution is -2.36. The van der Waals surface area contributed by atoms with Crippen LogP contribution in [0.2, 0.25) is 0 Å². The van der Waals surface area contributed by atoms with Gasteiger partial charge in [-0.15, -0.1) is 0 Å². The summed E-state index contributed by atoms with van der Waals surface area (Å²) in [4.78, 5) is 13.4. The summed E-state index contributed by atoms with van der Waals surface area (Å²) in [6.07, 6.45) is 2.69. The van der Waals surface area contributed by atoms with Gasteiger partial charge in [0.05, 0.1) is 12.6 Å². The molecule has 82 valence electrons. The Balaban J connectivity index is 2.03. The number of nitrogens with one attached hydrogen (secondary N) is 1. The van der Waals surface area contributed by atoms with Gasteiger partial charge in [0.1, 0.15) is 0 Å². The first kappa shape index (κ1) is 11.5. The molecule has 1 unspecified atom stereocenters. The number of rotatable bonds is 5. The summed E-state index contributed by atoms with van der Waals surface area (Å²) >= 11 is 0. The molecular weight excluding hydrogens is 180 g/mol. The van der Waals surface area contributed by atoms with Crippen LogP contribution >= 0.6 is 0 Å². The summed E-state index contributed by atoms with van der Waals surface area (Å²) in [6.45, 7) is 4.70. The number of nitrogens with zero attached hydrogens (tertiary/aromatic N) is 1. The second-order valence-corrected chi connectivity index (χ2v) is 3.90. The SMILES string of the molecule is CC(O)CCNCC(=O)N1CCCC1. The summed E-state index contributed by atoms with van der Waals surface area (Å²) in [7, 11) is 0. The van der Waals surface area contributed by atoms with Crippen molar-refractivity contribution in [1.29, 1.82) is 0 Å². The Labute approximate surface area is 85.3 Å². The van der Waals surface area contributed by atoms with Gasteiger partial charge in [0.25, 0.3) is 0 Å². The minimum Gasteiger partial charge on any atom is -0.393 e. The predicted molar refractivity (Wildman–Crippen MR) is 55.0 cm³/mol. The smallest absolute Gasteiger partial charge is 0.236 e. The van der Waals surface area contributed by atoms with Crippen molar-refractivity contribution in [1.82, 2.24) is 10.2 Å². The van der Waals surface area contributed by atoms with Gasteiger partial charge < -0.3 is 15.3 Å². The Bertz CT molecular complexity index is 177. The quantitative estimate of drug-likeness (QED) is 0.613. The van der Waals surface area contributed by atoms with E-state index in [4.69, 9.17) is 5.11 Å². The minimum atomic E-state index is -0.288. The van der Waals surface area contributed by atoms with Crippen LogP contribution < -0.4 is 5.32 Å². The molecule has 0 aromatic heterocycles. The van der Waals surface area contributed by atoms with Crippen molar-refractivity contribution in [2.24, 2.45) is 0 Å². The number of hydrogen-bond acceptors (Lipinski definition) is 3. The van der Waals surface area contributed by atoms with Crippen LogP contribution in [0.1, 0.15) is 26.2 Å². The average Bonchev–Trinajstić information content (AvgIpc) is 2.64. The molecule has 0 saturated carbocycles. The van der Waals surface area contributed by atoms with Gasteiger partial charge in [-0.2, -0.15) is 0 Å². The number of aliphatic hydroxyl groups is 1. The van der Waals surface area contributed by atoms with Gasteiger partial charge in [-0.1, -0.05) is 0 Å². The van der Waals surface area contributed by atoms with Crippen LogP contribution in [0.3, 0.4) is 0 Å². The zero-order valence-electron chi connectivity index (χ0n) is 8.83. The lowest BCUT2D eigenvalue weighted by atomic mass is 10.3. The van der Waals surface area contributed by atoms with E-state index in [1.165, 1.54) is 0 Å². The Morgan fingerprint density at radius 3 is 2.71 bits per heavy atom. The Kier molecular flexibility index (Phi) is 4.90. The van der Waals surface area contributed by atoms with Gasteiger partial charge in [0.15, 0.2) is 0 Å². The zero-order chi connectivity index (χ0) is 10.4. The molecule has 0 spiro atoms. The maximum atomic E-state index is 11.5. The third-order valence-electron chi connectivity index (χ3n) is 2.47. The number of aliphatic hydroxyl groups excluding tert-OH is 1. The van der Waals surface area contributed by atoms with E-state index in [0.717, 1.165) is 25.9 Å². The molecule has 1 heterocycles. The van der Waals surface area contributed by atoms with E-state index in [1.807, 2.05) is 4.90 Å². The van der Waals surface area contributed by atoms with Crippen LogP contribution in [0, 0.1) is 0 Å². The molecule has 4 heteroatoms. The molecule has 0 bridgehead atoms. The molecular formula is C10H20N2O2. The summed E-state index contributed by atoms with van der Waals surface area (Å²) in [5.74, 6) is 0.188. The molecule has 1 amide bonds. The average molecular weight is 200 g/mol. The first-order chi connectivity index (χ1) is 6.70. The number of likely N-dealkylation sites (tertiary alicyclic amines) is 1. The third-order valence-corrected chi connectivity index (χ3v) is 2.47. The van der Waals surface area contributed by atoms with Crippen LogP contribution in [-0.4, -0.2) is 48.2 Å². The summed E-state index contributed by atoms with van der Waals surface area (Å²) in [5.41, 5.74) is 0. The first-order valence-corrected chi connectivity index (χ1v) is 5.36. The highest BCUT2D eigenvalue weighted by Gasteiger charge is 2.16. The zero-order valence-corrected chi connectivity index (χ0v) is 8.83. The van der Waals surface area contributed by atoms with Crippen molar-refractivity contribution in [3.8, 4) is 0 Å². The molecule has 0 radical (unpaired) electrons. The number of hydrogen-bond donors (Lipinski definition) is 2. The number of carbonyl (C=O) groups excluding carboxylic acids is 1. The van der Waals surface area contributed by atoms with Crippen molar-refractivity contribution in [3.63, 3.8) is 0 Å². The maximum Gasteiger partial charge on any atom is 0.236 e. The third kappa shape index (κ3) is 4.07. The topological polar surface area (TPSA) is 52.6 Å². The van der Waals surface area contributed by atoms with E-state index < -0.39 is 0 Å². The summed E-state index contributed by atoms with van der Waals surface area (Å²) in [5, 5.41) is 12.0. The van der Waals surface area contributed by atoms with E-state index in [-0.39, 0.29) is 12.0 Å². The normalized spacial score (nSPS) is 18.6. The molecule has 1 atom stereocenters. The van der Waals surface area contributed by atoms with E-state index in [9.17, 15) is 4.79 Å². The van der Waals surface area contributed by atoms with Gasteiger partial charge in [-0.25, -0.2) is 0 Å². The molecule has 14 heavy (non-hydrogen) atoms. The van der Waals surface area contributed by atoms with Gasteiger partial charge in [-0.05, 0) is 32.7 Å². The molecule has 0 aromatic carbocycles. The van der Waals surface area contributed by atoms with Crippen molar-refractivity contribution in [3.05, 3.63) is 0 Å². The molecule has 1 rings (SSSR count). The van der Waals surface area contributed by atoms with E-state index in [1.54, 1.807) is 6.92 Å². The minimum absolute atomic E-state index is 0.188. The van der Waals surface area contributed by atoms with Crippen molar-refractivity contribution >= 4 is 5.91 Å². The molecule has 1 aliphatic rings. The van der Waals surface area contributed by atoms with Crippen LogP contribution in [0.5, 0.6) is 0 Å². The highest BCUT2D eigenvalue weighted by Crippen LogP contribution is 2.06. The van der Waals surface area contributed by atoms with E-state index in [0.29, 0.717) is 19.5 Å². The van der Waals surface area contributed by atoms with Crippen LogP contribution in [0.25, 0.3) is 0 Å². The second-order valence-electron chi connectivity index (χ2n) is 3.90. The highest BCUT2D eigenvalue weighted by atomic mass is 16.3. The lowest BCUT2D eigenvalue weighted by molar-refractivity contribution is -0.129. The molecule has 1 fully saturated rings. The van der Waals surface area contributed by atoms with Gasteiger partial charge in [0.2, 0.25) is 5.91 Å². The van der Waals surface area contributed by atoms with Gasteiger partial charge in [-0.3, -0.25) is 4.79 Å². The van der Waals surface area contributed by atoms with Crippen LogP contribution in [0.4, 0.5) is 0 Å². The van der Waals surface area contributed by atoms with Gasteiger partial charge >= 0.3 is 0 Å². The summed E-state index contributed by atoms with van der Waals surface area (Å²) < 4.78 is 0. The molecule has 1 saturated heterocycles. The Morgan fingerprint density at radius 1 is 1.50 bits per heavy atom. The second kappa shape index (κ2) is 5.98.